The third-order valence-corrected chi connectivity index (χ3v) is 5.23. The van der Waals surface area contributed by atoms with E-state index in [0.717, 1.165) is 18.2 Å². The molecule has 4 atom stereocenters. The van der Waals surface area contributed by atoms with Gasteiger partial charge in [-0.25, -0.2) is 4.79 Å². The molecule has 3 heterocycles. The number of carbonyl (C=O) groups is 2. The Hall–Kier alpha value is -1.86. The highest BCUT2D eigenvalue weighted by atomic mass is 16.6. The number of hydrogen-bond acceptors (Lipinski definition) is 6. The molecule has 0 aliphatic carbocycles. The molecule has 0 fully saturated rings. The van der Waals surface area contributed by atoms with Crippen LogP contribution in [0, 0.1) is 5.92 Å². The van der Waals surface area contributed by atoms with E-state index in [-0.39, 0.29) is 6.61 Å². The van der Waals surface area contributed by atoms with Gasteiger partial charge < -0.3 is 24.3 Å². The van der Waals surface area contributed by atoms with Gasteiger partial charge in [-0.1, -0.05) is 0 Å². The van der Waals surface area contributed by atoms with E-state index in [0.29, 0.717) is 13.0 Å². The first-order valence-electron chi connectivity index (χ1n) is 7.66. The Bertz CT molecular complexity index is 660. The fourth-order valence-corrected chi connectivity index (χ4v) is 3.13. The Morgan fingerprint density at radius 3 is 2.70 bits per heavy atom. The van der Waals surface area contributed by atoms with Crippen molar-refractivity contribution in [3.8, 4) is 0 Å². The fourth-order valence-electron chi connectivity index (χ4n) is 3.13. The van der Waals surface area contributed by atoms with Gasteiger partial charge in [-0.3, -0.25) is 4.79 Å². The minimum atomic E-state index is -2.24. The van der Waals surface area contributed by atoms with Crippen LogP contribution < -0.4 is 0 Å². The van der Waals surface area contributed by atoms with Crippen LogP contribution in [0.2, 0.25) is 0 Å². The van der Waals surface area contributed by atoms with Gasteiger partial charge >= 0.3 is 11.9 Å². The number of ether oxygens (including phenoxy) is 2. The maximum Gasteiger partial charge on any atom is 0.341 e. The highest BCUT2D eigenvalue weighted by Gasteiger charge is 2.55. The molecule has 7 heteroatoms. The molecule has 2 unspecified atom stereocenters. The van der Waals surface area contributed by atoms with Crippen LogP contribution in [0.3, 0.4) is 0 Å². The van der Waals surface area contributed by atoms with Crippen molar-refractivity contribution in [2.75, 3.05) is 0 Å². The van der Waals surface area contributed by atoms with Gasteiger partial charge in [0.05, 0.1) is 11.6 Å². The molecule has 0 aromatic carbocycles. The van der Waals surface area contributed by atoms with Crippen LogP contribution in [0.25, 0.3) is 0 Å². The molecular weight excluding hydrogens is 302 g/mol. The van der Waals surface area contributed by atoms with Crippen molar-refractivity contribution in [2.45, 2.75) is 57.6 Å². The maximum atomic E-state index is 12.4. The molecule has 2 aliphatic heterocycles. The van der Waals surface area contributed by atoms with Crippen molar-refractivity contribution in [2.24, 2.45) is 5.92 Å². The molecule has 0 bridgehead atoms. The second kappa shape index (κ2) is 5.07. The summed E-state index contributed by atoms with van der Waals surface area (Å²) in [6.45, 7) is 4.48. The van der Waals surface area contributed by atoms with Crippen LogP contribution >= 0.6 is 0 Å². The lowest BCUT2D eigenvalue weighted by atomic mass is 9.76. The van der Waals surface area contributed by atoms with Crippen LogP contribution in [-0.2, 0) is 32.2 Å². The topological polar surface area (TPSA) is 98.0 Å². The molecule has 0 radical (unpaired) electrons. The van der Waals surface area contributed by atoms with Crippen LogP contribution in [0.5, 0.6) is 0 Å². The zero-order chi connectivity index (χ0) is 17.0. The quantitative estimate of drug-likeness (QED) is 0.681. The highest BCUT2D eigenvalue weighted by Crippen LogP contribution is 2.38. The van der Waals surface area contributed by atoms with Gasteiger partial charge in [0.25, 0.3) is 0 Å². The summed E-state index contributed by atoms with van der Waals surface area (Å²) in [6.07, 6.45) is 2.05. The second-order valence-electron chi connectivity index (χ2n) is 6.65. The predicted octanol–water partition coefficient (Wildman–Crippen LogP) is 0.671. The van der Waals surface area contributed by atoms with Crippen LogP contribution in [0.15, 0.2) is 12.3 Å². The van der Waals surface area contributed by atoms with E-state index >= 15 is 0 Å². The summed E-state index contributed by atoms with van der Waals surface area (Å²) in [5, 5.41) is 21.1. The number of hydrogen-bond donors (Lipinski definition) is 2. The zero-order valence-corrected chi connectivity index (χ0v) is 13.4. The molecule has 0 saturated heterocycles. The summed E-state index contributed by atoms with van der Waals surface area (Å²) in [6, 6.07) is 1.80. The number of aromatic nitrogens is 1. The Kier molecular flexibility index (Phi) is 3.53. The highest BCUT2D eigenvalue weighted by molar-refractivity contribution is 5.83. The van der Waals surface area contributed by atoms with E-state index in [4.69, 9.17) is 9.47 Å². The van der Waals surface area contributed by atoms with Crippen LogP contribution in [-0.4, -0.2) is 37.9 Å². The van der Waals surface area contributed by atoms with E-state index in [9.17, 15) is 19.8 Å². The van der Waals surface area contributed by atoms with Gasteiger partial charge in [-0.05, 0) is 26.8 Å². The van der Waals surface area contributed by atoms with Crippen LogP contribution in [0.4, 0.5) is 0 Å². The summed E-state index contributed by atoms with van der Waals surface area (Å²) >= 11 is 0. The van der Waals surface area contributed by atoms with Crippen molar-refractivity contribution >= 4 is 11.9 Å². The second-order valence-corrected chi connectivity index (χ2v) is 6.65. The molecule has 2 aliphatic rings. The average Bonchev–Trinajstić information content (AvgIpc) is 3.06. The number of nitrogens with zero attached hydrogens (tertiary/aromatic N) is 1. The normalized spacial score (nSPS) is 37.6. The minimum Gasteiger partial charge on any atom is -0.459 e. The largest absolute Gasteiger partial charge is 0.459 e. The molecule has 7 nitrogen and oxygen atoms in total. The zero-order valence-electron chi connectivity index (χ0n) is 13.4. The van der Waals surface area contributed by atoms with E-state index in [1.165, 1.54) is 13.8 Å². The average molecular weight is 323 g/mol. The summed E-state index contributed by atoms with van der Waals surface area (Å²) in [4.78, 5) is 24.7. The first-order valence-corrected chi connectivity index (χ1v) is 7.66. The van der Waals surface area contributed by atoms with E-state index in [2.05, 4.69) is 0 Å². The van der Waals surface area contributed by atoms with E-state index in [1.807, 2.05) is 10.8 Å². The first-order chi connectivity index (χ1) is 10.7. The third kappa shape index (κ3) is 2.26. The molecule has 3 rings (SSSR count). The van der Waals surface area contributed by atoms with E-state index < -0.39 is 35.2 Å². The number of esters is 2. The predicted molar refractivity (Wildman–Crippen MR) is 78.1 cm³/mol. The Labute approximate surface area is 133 Å². The molecule has 2 N–H and O–H groups in total. The van der Waals surface area contributed by atoms with Gasteiger partial charge in [0.1, 0.15) is 18.3 Å². The van der Waals surface area contributed by atoms with Crippen molar-refractivity contribution < 1.29 is 29.3 Å². The molecule has 1 aromatic heterocycles. The summed E-state index contributed by atoms with van der Waals surface area (Å²) in [5.41, 5.74) is -2.72. The number of aryl methyl sites for hydroxylation is 1. The molecule has 126 valence electrons. The number of cyclic esters (lactones) is 1. The lowest BCUT2D eigenvalue weighted by Gasteiger charge is -2.39. The van der Waals surface area contributed by atoms with Crippen molar-refractivity contribution in [3.63, 3.8) is 0 Å². The lowest BCUT2D eigenvalue weighted by molar-refractivity contribution is -0.207. The molecule has 0 spiro atoms. The molecular formula is C16H21NO6. The summed E-state index contributed by atoms with van der Waals surface area (Å²) < 4.78 is 12.7. The fraction of sp³-hybridized carbons (Fsp3) is 0.625. The first kappa shape index (κ1) is 16.0. The van der Waals surface area contributed by atoms with Gasteiger partial charge in [0.2, 0.25) is 0 Å². The summed E-state index contributed by atoms with van der Waals surface area (Å²) in [5.74, 6) is -2.73. The van der Waals surface area contributed by atoms with Gasteiger partial charge in [-0.2, -0.15) is 0 Å². The number of aliphatic hydroxyl groups is 2. The summed E-state index contributed by atoms with van der Waals surface area (Å²) in [7, 11) is 0. The monoisotopic (exact) mass is 323 g/mol. The third-order valence-electron chi connectivity index (χ3n) is 5.23. The van der Waals surface area contributed by atoms with Gasteiger partial charge in [0.15, 0.2) is 5.60 Å². The van der Waals surface area contributed by atoms with Gasteiger partial charge in [-0.15, -0.1) is 0 Å². The van der Waals surface area contributed by atoms with Crippen molar-refractivity contribution in [1.82, 2.24) is 4.57 Å². The number of carbonyl (C=O) groups excluding carboxylic acids is 2. The molecule has 0 amide bonds. The van der Waals surface area contributed by atoms with Crippen LogP contribution in [0.1, 0.15) is 44.6 Å². The lowest BCUT2D eigenvalue weighted by Crippen LogP contribution is -2.61. The van der Waals surface area contributed by atoms with Gasteiger partial charge in [0, 0.05) is 24.7 Å². The Balaban J connectivity index is 2.04. The van der Waals surface area contributed by atoms with Crippen molar-refractivity contribution in [1.29, 1.82) is 0 Å². The van der Waals surface area contributed by atoms with Crippen molar-refractivity contribution in [3.05, 3.63) is 23.5 Å². The number of rotatable bonds is 0. The standard InChI is InChI=1S/C16H21NO6/c1-9-13(18)23-11-5-7-17-6-4-10(12(11)17)8-22-14(19)16(3,21)15(9,2)20/h4,6,9,11,20-21H,5,7-8H2,1-3H3/t9?,11?,15-,16+/m0/s1. The van der Waals surface area contributed by atoms with E-state index in [1.54, 1.807) is 6.07 Å². The Morgan fingerprint density at radius 2 is 2.00 bits per heavy atom. The Morgan fingerprint density at radius 1 is 1.30 bits per heavy atom. The molecule has 23 heavy (non-hydrogen) atoms. The molecule has 1 aromatic rings. The maximum absolute atomic E-state index is 12.4. The SMILES string of the molecule is CC1C(=O)OC2CCn3ccc(c32)COC(=O)[C@@](C)(O)[C@@]1(C)O. The smallest absolute Gasteiger partial charge is 0.341 e. The minimum absolute atomic E-state index is 0.0458. The molecule has 0 saturated carbocycles.